The molecule has 0 radical (unpaired) electrons. The molecule has 1 fully saturated rings. The van der Waals surface area contributed by atoms with E-state index in [1.165, 1.54) is 0 Å². The quantitative estimate of drug-likeness (QED) is 0.770. The summed E-state index contributed by atoms with van der Waals surface area (Å²) in [6, 6.07) is 10.4. The molecule has 6 heteroatoms. The number of hydrogen-bond acceptors (Lipinski definition) is 4. The van der Waals surface area contributed by atoms with Gasteiger partial charge in [-0.2, -0.15) is 11.8 Å². The number of thioether (sulfide) groups is 1. The van der Waals surface area contributed by atoms with Gasteiger partial charge in [-0.05, 0) is 5.56 Å². The number of nitrogens with zero attached hydrogens (tertiary/aromatic N) is 1. The number of hydrogen-bond donors (Lipinski definition) is 1. The molecule has 0 spiro atoms. The van der Waals surface area contributed by atoms with Crippen LogP contribution in [0.5, 0.6) is 0 Å². The molecular weight excluding hydrogens is 320 g/mol. The minimum absolute atomic E-state index is 0. The number of nitrogens with one attached hydrogen (secondary N) is 1. The van der Waals surface area contributed by atoms with Crippen LogP contribution in [0.1, 0.15) is 12.0 Å². The molecule has 4 nitrogen and oxygen atoms in total. The molecule has 1 aliphatic rings. The summed E-state index contributed by atoms with van der Waals surface area (Å²) in [5, 5.41) is 3.39. The Bertz CT molecular complexity index is 427. The van der Waals surface area contributed by atoms with Gasteiger partial charge in [0.1, 0.15) is 0 Å². The molecule has 1 heterocycles. The molecule has 0 saturated carbocycles. The van der Waals surface area contributed by atoms with Crippen molar-refractivity contribution in [3.8, 4) is 0 Å². The molecule has 1 aromatic carbocycles. The third-order valence-corrected chi connectivity index (χ3v) is 4.66. The van der Waals surface area contributed by atoms with Crippen molar-refractivity contribution < 1.29 is 9.53 Å². The fourth-order valence-corrected chi connectivity index (χ4v) is 3.16. The first-order valence-electron chi connectivity index (χ1n) is 7.42. The maximum Gasteiger partial charge on any atom is 0.223 e. The highest BCUT2D eigenvalue weighted by Crippen LogP contribution is 2.11. The maximum absolute atomic E-state index is 12.1. The smallest absolute Gasteiger partial charge is 0.223 e. The molecule has 1 aromatic rings. The van der Waals surface area contributed by atoms with Crippen molar-refractivity contribution in [1.82, 2.24) is 10.2 Å². The van der Waals surface area contributed by atoms with E-state index in [0.717, 1.165) is 23.6 Å². The molecule has 1 atom stereocenters. The van der Waals surface area contributed by atoms with Crippen LogP contribution in [0, 0.1) is 0 Å². The van der Waals surface area contributed by atoms with E-state index in [4.69, 9.17) is 4.74 Å². The lowest BCUT2D eigenvalue weighted by molar-refractivity contribution is -0.131. The van der Waals surface area contributed by atoms with E-state index < -0.39 is 0 Å². The number of carbonyl (C=O) groups excluding carboxylic acids is 1. The van der Waals surface area contributed by atoms with Gasteiger partial charge in [-0.1, -0.05) is 30.3 Å². The highest BCUT2D eigenvalue weighted by atomic mass is 35.5. The van der Waals surface area contributed by atoms with Gasteiger partial charge in [-0.15, -0.1) is 12.4 Å². The molecule has 0 bridgehead atoms. The highest BCUT2D eigenvalue weighted by molar-refractivity contribution is 7.99. The van der Waals surface area contributed by atoms with Crippen molar-refractivity contribution in [1.29, 1.82) is 0 Å². The Morgan fingerprint density at radius 2 is 2.18 bits per heavy atom. The molecule has 1 aliphatic heterocycles. The Balaban J connectivity index is 0.00000242. The summed E-state index contributed by atoms with van der Waals surface area (Å²) in [5.74, 6) is 2.37. The maximum atomic E-state index is 12.1. The Labute approximate surface area is 143 Å². The molecule has 1 N–H and O–H groups in total. The molecular formula is C16H25ClN2O2S. The van der Waals surface area contributed by atoms with E-state index in [2.05, 4.69) is 5.32 Å². The lowest BCUT2D eigenvalue weighted by atomic mass is 10.2. The van der Waals surface area contributed by atoms with Crippen LogP contribution in [-0.2, 0) is 16.1 Å². The van der Waals surface area contributed by atoms with Crippen LogP contribution in [-0.4, -0.2) is 55.1 Å². The third kappa shape index (κ3) is 7.01. The molecule has 0 aromatic heterocycles. The van der Waals surface area contributed by atoms with Crippen LogP contribution in [0.3, 0.4) is 0 Å². The average Bonchev–Trinajstić information content (AvgIpc) is 2.53. The summed E-state index contributed by atoms with van der Waals surface area (Å²) in [6.45, 7) is 2.83. The monoisotopic (exact) mass is 344 g/mol. The summed E-state index contributed by atoms with van der Waals surface area (Å²) in [7, 11) is 1.85. The fourth-order valence-electron chi connectivity index (χ4n) is 2.21. The van der Waals surface area contributed by atoms with Gasteiger partial charge in [0.15, 0.2) is 0 Å². The number of benzene rings is 1. The minimum Gasteiger partial charge on any atom is -0.375 e. The second kappa shape index (κ2) is 10.9. The molecule has 0 aliphatic carbocycles. The van der Waals surface area contributed by atoms with Crippen LogP contribution < -0.4 is 5.32 Å². The Kier molecular flexibility index (Phi) is 9.55. The van der Waals surface area contributed by atoms with Gasteiger partial charge in [0.2, 0.25) is 5.91 Å². The lowest BCUT2D eigenvalue weighted by Gasteiger charge is -2.25. The van der Waals surface area contributed by atoms with Crippen LogP contribution in [0.15, 0.2) is 30.3 Å². The van der Waals surface area contributed by atoms with Crippen molar-refractivity contribution >= 4 is 30.1 Å². The second-order valence-electron chi connectivity index (χ2n) is 5.28. The summed E-state index contributed by atoms with van der Waals surface area (Å²) < 4.78 is 5.62. The van der Waals surface area contributed by atoms with E-state index in [0.29, 0.717) is 32.2 Å². The van der Waals surface area contributed by atoms with Gasteiger partial charge >= 0.3 is 0 Å². The predicted molar refractivity (Wildman–Crippen MR) is 94.7 cm³/mol. The summed E-state index contributed by atoms with van der Waals surface area (Å²) >= 11 is 1.92. The summed E-state index contributed by atoms with van der Waals surface area (Å²) in [6.07, 6.45) is 0.586. The average molecular weight is 345 g/mol. The number of ether oxygens (including phenoxy) is 1. The highest BCUT2D eigenvalue weighted by Gasteiger charge is 2.18. The molecule has 1 unspecified atom stereocenters. The Morgan fingerprint density at radius 1 is 1.41 bits per heavy atom. The summed E-state index contributed by atoms with van der Waals surface area (Å²) in [4.78, 5) is 13.9. The third-order valence-electron chi connectivity index (χ3n) is 3.53. The number of likely N-dealkylation sites (N-methyl/N-ethyl adjacent to an activating group) is 1. The number of rotatable bonds is 7. The van der Waals surface area contributed by atoms with Crippen LogP contribution in [0.25, 0.3) is 0 Å². The molecule has 2 rings (SSSR count). The number of carbonyl (C=O) groups is 1. The SMILES string of the molecule is CN(CCOCc1ccccc1)C(=O)CC1CSCCN1.Cl. The van der Waals surface area contributed by atoms with Crippen molar-refractivity contribution in [2.75, 3.05) is 38.2 Å². The minimum atomic E-state index is 0. The molecule has 124 valence electrons. The first-order chi connectivity index (χ1) is 10.3. The molecule has 1 amide bonds. The zero-order valence-corrected chi connectivity index (χ0v) is 14.6. The van der Waals surface area contributed by atoms with E-state index in [-0.39, 0.29) is 18.3 Å². The zero-order valence-electron chi connectivity index (χ0n) is 13.0. The number of halogens is 1. The predicted octanol–water partition coefficient (Wildman–Crippen LogP) is 2.18. The van der Waals surface area contributed by atoms with E-state index >= 15 is 0 Å². The van der Waals surface area contributed by atoms with Gasteiger partial charge in [-0.25, -0.2) is 0 Å². The molecule has 22 heavy (non-hydrogen) atoms. The lowest BCUT2D eigenvalue weighted by Crippen LogP contribution is -2.42. The zero-order chi connectivity index (χ0) is 14.9. The van der Waals surface area contributed by atoms with Crippen LogP contribution in [0.4, 0.5) is 0 Å². The van der Waals surface area contributed by atoms with Gasteiger partial charge in [-0.3, -0.25) is 4.79 Å². The van der Waals surface area contributed by atoms with E-state index in [9.17, 15) is 4.79 Å². The normalized spacial score (nSPS) is 17.6. The van der Waals surface area contributed by atoms with Gasteiger partial charge in [0.25, 0.3) is 0 Å². The van der Waals surface area contributed by atoms with E-state index in [1.54, 1.807) is 4.90 Å². The standard InChI is InChI=1S/C16H24N2O2S.ClH/c1-18(16(19)11-15-13-21-10-7-17-15)8-9-20-12-14-5-3-2-4-6-14;/h2-6,15,17H,7-13H2,1H3;1H. The molecule has 1 saturated heterocycles. The number of amides is 1. The van der Waals surface area contributed by atoms with Gasteiger partial charge < -0.3 is 15.0 Å². The van der Waals surface area contributed by atoms with Crippen molar-refractivity contribution in [2.24, 2.45) is 0 Å². The van der Waals surface area contributed by atoms with Gasteiger partial charge in [0, 0.05) is 44.1 Å². The van der Waals surface area contributed by atoms with Crippen LogP contribution in [0.2, 0.25) is 0 Å². The van der Waals surface area contributed by atoms with Gasteiger partial charge in [0.05, 0.1) is 13.2 Å². The van der Waals surface area contributed by atoms with Crippen molar-refractivity contribution in [3.05, 3.63) is 35.9 Å². The van der Waals surface area contributed by atoms with Crippen molar-refractivity contribution in [2.45, 2.75) is 19.1 Å². The first kappa shape index (κ1) is 19.3. The second-order valence-corrected chi connectivity index (χ2v) is 6.43. The first-order valence-corrected chi connectivity index (χ1v) is 8.58. The fraction of sp³-hybridized carbons (Fsp3) is 0.562. The van der Waals surface area contributed by atoms with E-state index in [1.807, 2.05) is 49.1 Å². The summed E-state index contributed by atoms with van der Waals surface area (Å²) in [5.41, 5.74) is 1.16. The largest absolute Gasteiger partial charge is 0.375 e. The topological polar surface area (TPSA) is 41.6 Å². The van der Waals surface area contributed by atoms with Crippen LogP contribution >= 0.6 is 24.2 Å². The Hall–Kier alpha value is -0.750. The van der Waals surface area contributed by atoms with Crippen molar-refractivity contribution in [3.63, 3.8) is 0 Å². The Morgan fingerprint density at radius 3 is 2.86 bits per heavy atom.